The summed E-state index contributed by atoms with van der Waals surface area (Å²) < 4.78 is 5.34. The Labute approximate surface area is 177 Å². The highest BCUT2D eigenvalue weighted by atomic mass is 16.5. The van der Waals surface area contributed by atoms with Crippen LogP contribution in [0.3, 0.4) is 0 Å². The number of amides is 3. The third-order valence-corrected chi connectivity index (χ3v) is 5.57. The summed E-state index contributed by atoms with van der Waals surface area (Å²) in [7, 11) is 0. The highest BCUT2D eigenvalue weighted by Gasteiger charge is 2.22. The molecule has 7 heteroatoms. The van der Waals surface area contributed by atoms with E-state index in [1.807, 2.05) is 12.1 Å². The fourth-order valence-electron chi connectivity index (χ4n) is 3.82. The molecule has 2 aromatic rings. The second kappa shape index (κ2) is 9.73. The van der Waals surface area contributed by atoms with E-state index in [9.17, 15) is 9.59 Å². The highest BCUT2D eigenvalue weighted by Crippen LogP contribution is 2.23. The first-order chi connectivity index (χ1) is 14.7. The Morgan fingerprint density at radius 1 is 0.933 bits per heavy atom. The average molecular weight is 409 g/mol. The van der Waals surface area contributed by atoms with Gasteiger partial charge in [0, 0.05) is 44.0 Å². The van der Waals surface area contributed by atoms with Crippen molar-refractivity contribution in [1.29, 1.82) is 0 Å². The normalized spacial score (nSPS) is 16.2. The van der Waals surface area contributed by atoms with Crippen molar-refractivity contribution in [2.75, 3.05) is 44.7 Å². The molecule has 158 valence electrons. The van der Waals surface area contributed by atoms with Gasteiger partial charge in [-0.1, -0.05) is 24.3 Å². The van der Waals surface area contributed by atoms with Crippen LogP contribution in [-0.4, -0.2) is 61.1 Å². The maximum Gasteiger partial charge on any atom is 0.322 e. The van der Waals surface area contributed by atoms with Crippen LogP contribution in [0.5, 0.6) is 0 Å². The molecular weight excluding hydrogens is 380 g/mol. The van der Waals surface area contributed by atoms with Crippen LogP contribution in [0.4, 0.5) is 10.5 Å². The number of hydrogen-bond acceptors (Lipinski definition) is 4. The van der Waals surface area contributed by atoms with Crippen molar-refractivity contribution < 1.29 is 14.3 Å². The summed E-state index contributed by atoms with van der Waals surface area (Å²) in [6.45, 7) is 6.36. The number of carbonyl (C=O) groups is 2. The fraction of sp³-hybridized carbons (Fsp3) is 0.391. The summed E-state index contributed by atoms with van der Waals surface area (Å²) >= 11 is 0. The predicted molar refractivity (Wildman–Crippen MR) is 115 cm³/mol. The quantitative estimate of drug-likeness (QED) is 0.721. The van der Waals surface area contributed by atoms with Crippen molar-refractivity contribution in [2.45, 2.75) is 19.5 Å². The third-order valence-electron chi connectivity index (χ3n) is 5.57. The molecule has 0 atom stereocenters. The summed E-state index contributed by atoms with van der Waals surface area (Å²) in [6.07, 6.45) is 0.915. The minimum atomic E-state index is -0.133. The topological polar surface area (TPSA) is 73.9 Å². The molecule has 0 unspecified atom stereocenters. The highest BCUT2D eigenvalue weighted by molar-refractivity contribution is 5.95. The average Bonchev–Trinajstić information content (AvgIpc) is 3.22. The zero-order valence-electron chi connectivity index (χ0n) is 17.1. The van der Waals surface area contributed by atoms with Crippen LogP contribution in [0, 0.1) is 0 Å². The standard InChI is InChI=1S/C23H28N4O3/c28-22(24-10-3-11-26-12-14-30-15-13-26)18-6-8-21(9-7-18)25-23(29)27-16-19-4-1-2-5-20(19)17-27/h1-2,4-9H,3,10-17H2,(H,24,28)(H,25,29). The van der Waals surface area contributed by atoms with Gasteiger partial charge < -0.3 is 20.3 Å². The number of rotatable bonds is 6. The van der Waals surface area contributed by atoms with E-state index in [1.54, 1.807) is 29.2 Å². The molecule has 2 aliphatic rings. The zero-order valence-corrected chi connectivity index (χ0v) is 17.1. The van der Waals surface area contributed by atoms with Gasteiger partial charge in [0.1, 0.15) is 0 Å². The van der Waals surface area contributed by atoms with E-state index in [0.717, 1.165) is 39.3 Å². The van der Waals surface area contributed by atoms with E-state index >= 15 is 0 Å². The molecule has 2 aliphatic heterocycles. The maximum atomic E-state index is 12.5. The summed E-state index contributed by atoms with van der Waals surface area (Å²) in [6, 6.07) is 15.0. The Hall–Kier alpha value is -2.90. The first-order valence-electron chi connectivity index (χ1n) is 10.5. The number of benzene rings is 2. The molecule has 0 saturated carbocycles. The Morgan fingerprint density at radius 3 is 2.27 bits per heavy atom. The molecule has 3 amide bonds. The molecule has 0 radical (unpaired) electrons. The van der Waals surface area contributed by atoms with Crippen LogP contribution in [0.15, 0.2) is 48.5 Å². The van der Waals surface area contributed by atoms with Gasteiger partial charge in [-0.2, -0.15) is 0 Å². The Bertz CT molecular complexity index is 853. The zero-order chi connectivity index (χ0) is 20.8. The lowest BCUT2D eigenvalue weighted by Gasteiger charge is -2.26. The molecule has 0 aromatic heterocycles. The Morgan fingerprint density at radius 2 is 1.60 bits per heavy atom. The van der Waals surface area contributed by atoms with Gasteiger partial charge in [-0.3, -0.25) is 9.69 Å². The van der Waals surface area contributed by atoms with E-state index in [1.165, 1.54) is 11.1 Å². The number of urea groups is 1. The molecule has 0 spiro atoms. The molecule has 1 saturated heterocycles. The van der Waals surface area contributed by atoms with Crippen molar-refractivity contribution in [1.82, 2.24) is 15.1 Å². The van der Waals surface area contributed by atoms with Gasteiger partial charge in [0.2, 0.25) is 0 Å². The van der Waals surface area contributed by atoms with Crippen molar-refractivity contribution in [3.05, 3.63) is 65.2 Å². The largest absolute Gasteiger partial charge is 0.379 e. The second-order valence-electron chi connectivity index (χ2n) is 7.70. The molecule has 7 nitrogen and oxygen atoms in total. The molecule has 4 rings (SSSR count). The van der Waals surface area contributed by atoms with Crippen molar-refractivity contribution in [3.63, 3.8) is 0 Å². The number of carbonyl (C=O) groups excluding carboxylic acids is 2. The van der Waals surface area contributed by atoms with Crippen LogP contribution in [-0.2, 0) is 17.8 Å². The minimum absolute atomic E-state index is 0.0927. The number of morpholine rings is 1. The Kier molecular flexibility index (Phi) is 6.61. The predicted octanol–water partition coefficient (Wildman–Crippen LogP) is 2.69. The third kappa shape index (κ3) is 5.17. The second-order valence-corrected chi connectivity index (χ2v) is 7.70. The summed E-state index contributed by atoms with van der Waals surface area (Å²) in [5.74, 6) is -0.0927. The first kappa shape index (κ1) is 20.4. The van der Waals surface area contributed by atoms with Gasteiger partial charge in [-0.15, -0.1) is 0 Å². The minimum Gasteiger partial charge on any atom is -0.379 e. The van der Waals surface area contributed by atoms with Crippen LogP contribution in [0.1, 0.15) is 27.9 Å². The summed E-state index contributed by atoms with van der Waals surface area (Å²) in [5.41, 5.74) is 3.65. The van der Waals surface area contributed by atoms with Gasteiger partial charge in [0.15, 0.2) is 0 Å². The van der Waals surface area contributed by atoms with Gasteiger partial charge in [-0.05, 0) is 48.4 Å². The van der Waals surface area contributed by atoms with Crippen LogP contribution >= 0.6 is 0 Å². The molecule has 1 fully saturated rings. The van der Waals surface area contributed by atoms with Gasteiger partial charge in [0.05, 0.1) is 13.2 Å². The van der Waals surface area contributed by atoms with E-state index < -0.39 is 0 Å². The Balaban J connectivity index is 1.21. The van der Waals surface area contributed by atoms with Crippen molar-refractivity contribution in [2.24, 2.45) is 0 Å². The lowest BCUT2D eigenvalue weighted by atomic mass is 10.1. The van der Waals surface area contributed by atoms with E-state index in [0.29, 0.717) is 30.9 Å². The van der Waals surface area contributed by atoms with Gasteiger partial charge in [0.25, 0.3) is 5.91 Å². The number of anilines is 1. The number of fused-ring (bicyclic) bond motifs is 1. The molecule has 2 N–H and O–H groups in total. The lowest BCUT2D eigenvalue weighted by molar-refractivity contribution is 0.0374. The number of hydrogen-bond donors (Lipinski definition) is 2. The fourth-order valence-corrected chi connectivity index (χ4v) is 3.82. The van der Waals surface area contributed by atoms with Crippen LogP contribution < -0.4 is 10.6 Å². The van der Waals surface area contributed by atoms with Crippen molar-refractivity contribution >= 4 is 17.6 Å². The van der Waals surface area contributed by atoms with Gasteiger partial charge in [-0.25, -0.2) is 4.79 Å². The number of ether oxygens (including phenoxy) is 1. The summed E-state index contributed by atoms with van der Waals surface area (Å²) in [5, 5.41) is 5.87. The van der Waals surface area contributed by atoms with Gasteiger partial charge >= 0.3 is 6.03 Å². The van der Waals surface area contributed by atoms with Crippen LogP contribution in [0.25, 0.3) is 0 Å². The van der Waals surface area contributed by atoms with E-state index in [2.05, 4.69) is 27.7 Å². The monoisotopic (exact) mass is 408 g/mol. The maximum absolute atomic E-state index is 12.5. The SMILES string of the molecule is O=C(NCCCN1CCOCC1)c1ccc(NC(=O)N2Cc3ccccc3C2)cc1. The van der Waals surface area contributed by atoms with E-state index in [-0.39, 0.29) is 11.9 Å². The molecule has 0 aliphatic carbocycles. The number of nitrogens with zero attached hydrogens (tertiary/aromatic N) is 2. The van der Waals surface area contributed by atoms with Crippen molar-refractivity contribution in [3.8, 4) is 0 Å². The summed E-state index contributed by atoms with van der Waals surface area (Å²) in [4.78, 5) is 29.0. The van der Waals surface area contributed by atoms with Crippen LogP contribution in [0.2, 0.25) is 0 Å². The van der Waals surface area contributed by atoms with E-state index in [4.69, 9.17) is 4.74 Å². The molecule has 2 heterocycles. The molecule has 0 bridgehead atoms. The first-order valence-corrected chi connectivity index (χ1v) is 10.5. The molecular formula is C23H28N4O3. The smallest absolute Gasteiger partial charge is 0.322 e. The molecule has 30 heavy (non-hydrogen) atoms. The molecule has 2 aromatic carbocycles. The lowest BCUT2D eigenvalue weighted by Crippen LogP contribution is -2.38. The number of nitrogens with one attached hydrogen (secondary N) is 2.